The fraction of sp³-hybridized carbons (Fsp3) is 0.227. The SMILES string of the molecule is CCOc1ccc(/C=C/C(=O)OCC(=O)NCC(=O)Nc2ccccc2Br)cc1OC. The van der Waals surface area contributed by atoms with Crippen molar-refractivity contribution >= 4 is 45.5 Å². The van der Waals surface area contributed by atoms with Crippen LogP contribution in [0, 0.1) is 0 Å². The van der Waals surface area contributed by atoms with Crippen LogP contribution in [0.25, 0.3) is 6.08 Å². The van der Waals surface area contributed by atoms with Crippen LogP contribution >= 0.6 is 15.9 Å². The lowest BCUT2D eigenvalue weighted by molar-refractivity contribution is -0.143. The van der Waals surface area contributed by atoms with E-state index in [-0.39, 0.29) is 6.54 Å². The second-order valence-corrected chi connectivity index (χ2v) is 6.94. The normalized spacial score (nSPS) is 10.4. The van der Waals surface area contributed by atoms with Crippen LogP contribution in [0.5, 0.6) is 11.5 Å². The maximum Gasteiger partial charge on any atom is 0.331 e. The van der Waals surface area contributed by atoms with Crippen LogP contribution in [0.3, 0.4) is 0 Å². The lowest BCUT2D eigenvalue weighted by atomic mass is 10.2. The zero-order valence-electron chi connectivity index (χ0n) is 17.1. The molecule has 0 saturated heterocycles. The monoisotopic (exact) mass is 490 g/mol. The molecule has 8 nitrogen and oxygen atoms in total. The molecule has 2 amide bonds. The highest BCUT2D eigenvalue weighted by molar-refractivity contribution is 9.10. The number of benzene rings is 2. The number of ether oxygens (including phenoxy) is 3. The number of hydrogen-bond donors (Lipinski definition) is 2. The Morgan fingerprint density at radius 1 is 1.06 bits per heavy atom. The molecule has 0 radical (unpaired) electrons. The third kappa shape index (κ3) is 8.13. The molecule has 0 heterocycles. The van der Waals surface area contributed by atoms with Crippen LogP contribution < -0.4 is 20.1 Å². The van der Waals surface area contributed by atoms with E-state index in [0.717, 1.165) is 4.47 Å². The average molecular weight is 491 g/mol. The van der Waals surface area contributed by atoms with Gasteiger partial charge in [-0.3, -0.25) is 9.59 Å². The van der Waals surface area contributed by atoms with Gasteiger partial charge in [0.05, 0.1) is 25.9 Å². The molecule has 0 unspecified atom stereocenters. The van der Waals surface area contributed by atoms with Gasteiger partial charge in [-0.25, -0.2) is 4.79 Å². The quantitative estimate of drug-likeness (QED) is 0.391. The summed E-state index contributed by atoms with van der Waals surface area (Å²) in [6.45, 7) is 1.62. The molecule has 0 aliphatic rings. The Balaban J connectivity index is 1.76. The van der Waals surface area contributed by atoms with Crippen molar-refractivity contribution in [2.24, 2.45) is 0 Å². The number of hydrogen-bond acceptors (Lipinski definition) is 6. The molecular weight excluding hydrogens is 468 g/mol. The molecule has 0 bridgehead atoms. The molecule has 2 aromatic carbocycles. The van der Waals surface area contributed by atoms with Gasteiger partial charge in [0.2, 0.25) is 5.91 Å². The highest BCUT2D eigenvalue weighted by Gasteiger charge is 2.09. The Morgan fingerprint density at radius 3 is 2.55 bits per heavy atom. The number of nitrogens with one attached hydrogen (secondary N) is 2. The molecule has 0 aromatic heterocycles. The van der Waals surface area contributed by atoms with Gasteiger partial charge in [0, 0.05) is 10.5 Å². The number of carbonyl (C=O) groups excluding carboxylic acids is 3. The first-order valence-electron chi connectivity index (χ1n) is 9.39. The van der Waals surface area contributed by atoms with Crippen molar-refractivity contribution in [2.75, 3.05) is 32.2 Å². The number of rotatable bonds is 10. The van der Waals surface area contributed by atoms with Gasteiger partial charge in [-0.1, -0.05) is 18.2 Å². The molecule has 2 N–H and O–H groups in total. The number of halogens is 1. The summed E-state index contributed by atoms with van der Waals surface area (Å²) >= 11 is 3.32. The minimum absolute atomic E-state index is 0.250. The average Bonchev–Trinajstić information content (AvgIpc) is 2.77. The van der Waals surface area contributed by atoms with E-state index < -0.39 is 24.4 Å². The standard InChI is InChI=1S/C22H23BrN2O6/c1-3-30-18-10-8-15(12-19(18)29-2)9-11-22(28)31-14-21(27)24-13-20(26)25-17-7-5-4-6-16(17)23/h4-12H,3,13-14H2,1-2H3,(H,24,27)(H,25,26)/b11-9+. The summed E-state index contributed by atoms with van der Waals surface area (Å²) in [5.41, 5.74) is 1.29. The Labute approximate surface area is 188 Å². The summed E-state index contributed by atoms with van der Waals surface area (Å²) in [7, 11) is 1.52. The van der Waals surface area contributed by atoms with E-state index >= 15 is 0 Å². The van der Waals surface area contributed by atoms with Crippen molar-refractivity contribution < 1.29 is 28.6 Å². The number of esters is 1. The summed E-state index contributed by atoms with van der Waals surface area (Å²) in [5, 5.41) is 5.04. The fourth-order valence-corrected chi connectivity index (χ4v) is 2.78. The summed E-state index contributed by atoms with van der Waals surface area (Å²) in [6.07, 6.45) is 2.73. The van der Waals surface area contributed by atoms with Gasteiger partial charge >= 0.3 is 5.97 Å². The number of methoxy groups -OCH3 is 1. The second-order valence-electron chi connectivity index (χ2n) is 6.09. The van der Waals surface area contributed by atoms with Gasteiger partial charge in [0.1, 0.15) is 0 Å². The van der Waals surface area contributed by atoms with Crippen molar-refractivity contribution in [3.63, 3.8) is 0 Å². The maximum atomic E-state index is 11.9. The van der Waals surface area contributed by atoms with Crippen LogP contribution in [-0.4, -0.2) is 44.7 Å². The molecule has 0 saturated carbocycles. The van der Waals surface area contributed by atoms with Crippen molar-refractivity contribution in [2.45, 2.75) is 6.92 Å². The van der Waals surface area contributed by atoms with E-state index in [4.69, 9.17) is 14.2 Å². The largest absolute Gasteiger partial charge is 0.493 e. The Kier molecular flexibility index (Phi) is 9.57. The first kappa shape index (κ1) is 23.9. The molecule has 2 aromatic rings. The highest BCUT2D eigenvalue weighted by atomic mass is 79.9. The first-order valence-corrected chi connectivity index (χ1v) is 10.2. The second kappa shape index (κ2) is 12.4. The Morgan fingerprint density at radius 2 is 1.84 bits per heavy atom. The third-order valence-electron chi connectivity index (χ3n) is 3.84. The Hall–Kier alpha value is -3.33. The number of anilines is 1. The summed E-state index contributed by atoms with van der Waals surface area (Å²) in [5.74, 6) is -0.550. The van der Waals surface area contributed by atoms with Crippen molar-refractivity contribution in [1.29, 1.82) is 0 Å². The Bertz CT molecular complexity index is 961. The molecule has 31 heavy (non-hydrogen) atoms. The van der Waals surface area contributed by atoms with Gasteiger partial charge in [-0.2, -0.15) is 0 Å². The third-order valence-corrected chi connectivity index (χ3v) is 4.53. The van der Waals surface area contributed by atoms with Crippen molar-refractivity contribution in [3.05, 3.63) is 58.6 Å². The van der Waals surface area contributed by atoms with Gasteiger partial charge in [0.15, 0.2) is 18.1 Å². The summed E-state index contributed by atoms with van der Waals surface area (Å²) in [4.78, 5) is 35.5. The molecule has 0 atom stereocenters. The lowest BCUT2D eigenvalue weighted by Gasteiger charge is -2.09. The molecule has 9 heteroatoms. The van der Waals surface area contributed by atoms with Gasteiger partial charge in [0.25, 0.3) is 5.91 Å². The number of para-hydroxylation sites is 1. The van der Waals surface area contributed by atoms with E-state index in [9.17, 15) is 14.4 Å². The topological polar surface area (TPSA) is 103 Å². The molecule has 164 valence electrons. The molecule has 0 aliphatic carbocycles. The fourth-order valence-electron chi connectivity index (χ4n) is 2.40. The zero-order valence-corrected chi connectivity index (χ0v) is 18.7. The van der Waals surface area contributed by atoms with Crippen molar-refractivity contribution in [3.8, 4) is 11.5 Å². The van der Waals surface area contributed by atoms with E-state index in [1.54, 1.807) is 36.4 Å². The minimum atomic E-state index is -0.694. The maximum absolute atomic E-state index is 11.9. The smallest absolute Gasteiger partial charge is 0.331 e. The van der Waals surface area contributed by atoms with E-state index in [2.05, 4.69) is 26.6 Å². The summed E-state index contributed by atoms with van der Waals surface area (Å²) < 4.78 is 16.3. The minimum Gasteiger partial charge on any atom is -0.493 e. The highest BCUT2D eigenvalue weighted by Crippen LogP contribution is 2.28. The van der Waals surface area contributed by atoms with Crippen LogP contribution in [0.4, 0.5) is 5.69 Å². The van der Waals surface area contributed by atoms with Gasteiger partial charge < -0.3 is 24.8 Å². The van der Waals surface area contributed by atoms with Crippen molar-refractivity contribution in [1.82, 2.24) is 5.32 Å². The molecule has 0 spiro atoms. The van der Waals surface area contributed by atoms with Crippen LogP contribution in [-0.2, 0) is 19.1 Å². The van der Waals surface area contributed by atoms with Gasteiger partial charge in [-0.05, 0) is 58.8 Å². The molecule has 0 fully saturated rings. The van der Waals surface area contributed by atoms with Crippen LogP contribution in [0.2, 0.25) is 0 Å². The summed E-state index contributed by atoms with van der Waals surface area (Å²) in [6, 6.07) is 12.3. The number of amides is 2. The van der Waals surface area contributed by atoms with Gasteiger partial charge in [-0.15, -0.1) is 0 Å². The molecule has 2 rings (SSSR count). The van der Waals surface area contributed by atoms with Crippen LogP contribution in [0.1, 0.15) is 12.5 Å². The van der Waals surface area contributed by atoms with Crippen LogP contribution in [0.15, 0.2) is 53.0 Å². The zero-order chi connectivity index (χ0) is 22.6. The number of carbonyl (C=O) groups is 3. The molecule has 0 aliphatic heterocycles. The van der Waals surface area contributed by atoms with E-state index in [1.807, 2.05) is 13.0 Å². The van der Waals surface area contributed by atoms with E-state index in [1.165, 1.54) is 19.3 Å². The predicted molar refractivity (Wildman–Crippen MR) is 120 cm³/mol. The van der Waals surface area contributed by atoms with E-state index in [0.29, 0.717) is 29.4 Å². The molecular formula is C22H23BrN2O6. The first-order chi connectivity index (χ1) is 14.9. The lowest BCUT2D eigenvalue weighted by Crippen LogP contribution is -2.35. The predicted octanol–water partition coefficient (Wildman–Crippen LogP) is 3.17.